The molecule has 7 nitrogen and oxygen atoms in total. The number of carbonyl (C=O) groups is 1. The molecular weight excluding hydrogens is 384 g/mol. The molecule has 0 radical (unpaired) electrons. The molecule has 0 saturated carbocycles. The molecule has 6 rings (SSSR count). The summed E-state index contributed by atoms with van der Waals surface area (Å²) in [6.45, 7) is 2.88. The first kappa shape index (κ1) is 18.0. The van der Waals surface area contributed by atoms with Crippen LogP contribution in [0.1, 0.15) is 35.8 Å². The summed E-state index contributed by atoms with van der Waals surface area (Å²) in [7, 11) is 1.79. The van der Waals surface area contributed by atoms with Crippen LogP contribution in [-0.4, -0.2) is 55.9 Å². The summed E-state index contributed by atoms with van der Waals surface area (Å²) in [5, 5.41) is 11.3. The number of carbonyl (C=O) groups excluding carboxylic acids is 1. The Morgan fingerprint density at radius 3 is 2.53 bits per heavy atom. The molecule has 2 aromatic carbocycles. The average Bonchev–Trinajstić information content (AvgIpc) is 3.48. The molecule has 0 aromatic heterocycles. The second kappa shape index (κ2) is 6.36. The summed E-state index contributed by atoms with van der Waals surface area (Å²) in [4.78, 5) is 17.5. The molecule has 4 heterocycles. The summed E-state index contributed by atoms with van der Waals surface area (Å²) in [6, 6.07) is 9.50. The van der Waals surface area contributed by atoms with E-state index in [4.69, 9.17) is 14.2 Å². The Bertz CT molecular complexity index is 1050. The van der Waals surface area contributed by atoms with Gasteiger partial charge in [-0.05, 0) is 25.0 Å². The zero-order chi connectivity index (χ0) is 20.5. The third-order valence-electron chi connectivity index (χ3n) is 6.85. The number of likely N-dealkylation sites (N-methyl/N-ethyl adjacent to an activating group) is 1. The van der Waals surface area contributed by atoms with Gasteiger partial charge in [-0.3, -0.25) is 9.69 Å². The second-order valence-electron chi connectivity index (χ2n) is 8.41. The van der Waals surface area contributed by atoms with Gasteiger partial charge < -0.3 is 24.2 Å². The summed E-state index contributed by atoms with van der Waals surface area (Å²) in [5.74, 6) is 1.86. The number of anilines is 1. The predicted molar refractivity (Wildman–Crippen MR) is 109 cm³/mol. The Morgan fingerprint density at radius 1 is 1.03 bits per heavy atom. The highest BCUT2D eigenvalue weighted by atomic mass is 16.6. The molecule has 0 bridgehead atoms. The lowest BCUT2D eigenvalue weighted by molar-refractivity contribution is -0.121. The Hall–Kier alpha value is -2.77. The topological polar surface area (TPSA) is 71.5 Å². The molecule has 0 aliphatic carbocycles. The number of amides is 1. The van der Waals surface area contributed by atoms with Crippen molar-refractivity contribution < 1.29 is 24.1 Å². The third-order valence-corrected chi connectivity index (χ3v) is 6.85. The van der Waals surface area contributed by atoms with E-state index in [9.17, 15) is 9.90 Å². The molecule has 1 saturated heterocycles. The van der Waals surface area contributed by atoms with Crippen LogP contribution in [0.3, 0.4) is 0 Å². The molecule has 30 heavy (non-hydrogen) atoms. The van der Waals surface area contributed by atoms with Crippen LogP contribution in [0.15, 0.2) is 30.3 Å². The molecule has 1 fully saturated rings. The lowest BCUT2D eigenvalue weighted by Crippen LogP contribution is -2.42. The first-order valence-corrected chi connectivity index (χ1v) is 10.5. The number of nitrogens with zero attached hydrogens (tertiary/aromatic N) is 2. The Labute approximate surface area is 174 Å². The van der Waals surface area contributed by atoms with E-state index in [1.807, 2.05) is 30.3 Å². The number of hydrogen-bond acceptors (Lipinski definition) is 6. The van der Waals surface area contributed by atoms with Crippen molar-refractivity contribution in [3.63, 3.8) is 0 Å². The van der Waals surface area contributed by atoms with Crippen LogP contribution in [0.2, 0.25) is 0 Å². The van der Waals surface area contributed by atoms with Gasteiger partial charge in [-0.15, -0.1) is 0 Å². The van der Waals surface area contributed by atoms with Gasteiger partial charge >= 0.3 is 0 Å². The van der Waals surface area contributed by atoms with Crippen LogP contribution < -0.4 is 19.1 Å². The van der Waals surface area contributed by atoms with Crippen LogP contribution in [0.25, 0.3) is 0 Å². The molecule has 4 aliphatic heterocycles. The highest BCUT2D eigenvalue weighted by Gasteiger charge is 2.58. The number of fused-ring (bicyclic) bond motifs is 5. The van der Waals surface area contributed by atoms with Crippen molar-refractivity contribution in [1.82, 2.24) is 4.90 Å². The van der Waals surface area contributed by atoms with Gasteiger partial charge in [0.15, 0.2) is 11.5 Å². The summed E-state index contributed by atoms with van der Waals surface area (Å²) < 4.78 is 17.6. The Morgan fingerprint density at radius 2 is 1.77 bits per heavy atom. The number of aliphatic hydroxyl groups is 1. The number of rotatable bonds is 2. The standard InChI is InChI=1S/C23H24N2O5/c1-24-16-6-4-5-14(21(26)25-7-2-3-8-25)20(16)23(22(24)27)13-30-17-12-19-18(11-15(17)23)28-9-10-29-19/h4-6,11-12,21,26H,2-3,7-10,13H2,1H3. The first-order valence-electron chi connectivity index (χ1n) is 10.5. The van der Waals surface area contributed by atoms with Gasteiger partial charge in [0.05, 0.1) is 0 Å². The van der Waals surface area contributed by atoms with Crippen molar-refractivity contribution in [2.24, 2.45) is 0 Å². The van der Waals surface area contributed by atoms with Gasteiger partial charge in [0, 0.05) is 48.6 Å². The van der Waals surface area contributed by atoms with Gasteiger partial charge in [-0.25, -0.2) is 0 Å². The minimum atomic E-state index is -0.994. The fourth-order valence-electron chi connectivity index (χ4n) is 5.37. The van der Waals surface area contributed by atoms with E-state index < -0.39 is 11.6 Å². The van der Waals surface area contributed by atoms with E-state index in [1.54, 1.807) is 11.9 Å². The van der Waals surface area contributed by atoms with Crippen LogP contribution in [0.5, 0.6) is 17.2 Å². The van der Waals surface area contributed by atoms with Crippen molar-refractivity contribution in [2.45, 2.75) is 24.5 Å². The quantitative estimate of drug-likeness (QED) is 0.822. The van der Waals surface area contributed by atoms with E-state index in [1.165, 1.54) is 0 Å². The van der Waals surface area contributed by atoms with Crippen molar-refractivity contribution in [1.29, 1.82) is 0 Å². The molecule has 7 heteroatoms. The van der Waals surface area contributed by atoms with E-state index >= 15 is 0 Å². The highest BCUT2D eigenvalue weighted by molar-refractivity contribution is 6.11. The van der Waals surface area contributed by atoms with E-state index in [-0.39, 0.29) is 12.5 Å². The first-order chi connectivity index (χ1) is 14.6. The fourth-order valence-corrected chi connectivity index (χ4v) is 5.37. The smallest absolute Gasteiger partial charge is 0.245 e. The molecule has 2 aromatic rings. The molecule has 156 valence electrons. The number of aliphatic hydroxyl groups excluding tert-OH is 1. The number of likely N-dealkylation sites (tertiary alicyclic amines) is 1. The lowest BCUT2D eigenvalue weighted by Gasteiger charge is -2.29. The van der Waals surface area contributed by atoms with Gasteiger partial charge in [0.1, 0.15) is 37.2 Å². The second-order valence-corrected chi connectivity index (χ2v) is 8.41. The van der Waals surface area contributed by atoms with Gasteiger partial charge in [0.2, 0.25) is 5.91 Å². The Kier molecular flexibility index (Phi) is 3.82. The van der Waals surface area contributed by atoms with Crippen molar-refractivity contribution in [3.05, 3.63) is 47.0 Å². The molecule has 1 spiro atoms. The number of benzene rings is 2. The molecular formula is C23H24N2O5. The predicted octanol–water partition coefficient (Wildman–Crippen LogP) is 2.20. The highest BCUT2D eigenvalue weighted by Crippen LogP contribution is 2.56. The maximum absolute atomic E-state index is 13.7. The van der Waals surface area contributed by atoms with Crippen molar-refractivity contribution in [3.8, 4) is 17.2 Å². The summed E-state index contributed by atoms with van der Waals surface area (Å²) in [5.41, 5.74) is 2.23. The Balaban J connectivity index is 1.56. The monoisotopic (exact) mass is 408 g/mol. The van der Waals surface area contributed by atoms with E-state index in [0.29, 0.717) is 30.5 Å². The maximum atomic E-state index is 13.7. The maximum Gasteiger partial charge on any atom is 0.245 e. The largest absolute Gasteiger partial charge is 0.491 e. The normalized spacial score (nSPS) is 25.4. The molecule has 1 amide bonds. The van der Waals surface area contributed by atoms with Crippen molar-refractivity contribution in [2.75, 3.05) is 44.9 Å². The number of hydrogen-bond donors (Lipinski definition) is 1. The fraction of sp³-hybridized carbons (Fsp3) is 0.435. The zero-order valence-corrected chi connectivity index (χ0v) is 16.9. The summed E-state index contributed by atoms with van der Waals surface area (Å²) >= 11 is 0. The van der Waals surface area contributed by atoms with Crippen LogP contribution >= 0.6 is 0 Å². The molecule has 2 unspecified atom stereocenters. The molecule has 4 aliphatic rings. The van der Waals surface area contributed by atoms with Crippen LogP contribution in [-0.2, 0) is 10.2 Å². The van der Waals surface area contributed by atoms with E-state index in [0.717, 1.165) is 48.3 Å². The SMILES string of the molecule is CN1C(=O)C2(COc3cc4c(cc32)OCCO4)c2c(C(O)N3CCCC3)cccc21. The summed E-state index contributed by atoms with van der Waals surface area (Å²) in [6.07, 6.45) is 1.40. The number of ether oxygens (including phenoxy) is 3. The minimum Gasteiger partial charge on any atom is -0.491 e. The molecule has 2 atom stereocenters. The minimum absolute atomic E-state index is 0.0472. The van der Waals surface area contributed by atoms with Gasteiger partial charge in [0.25, 0.3) is 0 Å². The van der Waals surface area contributed by atoms with Gasteiger partial charge in [-0.1, -0.05) is 12.1 Å². The average molecular weight is 408 g/mol. The lowest BCUT2D eigenvalue weighted by atomic mass is 9.74. The third kappa shape index (κ3) is 2.24. The van der Waals surface area contributed by atoms with Gasteiger partial charge in [-0.2, -0.15) is 0 Å². The van der Waals surface area contributed by atoms with E-state index in [2.05, 4.69) is 4.90 Å². The zero-order valence-electron chi connectivity index (χ0n) is 16.9. The molecule has 1 N–H and O–H groups in total. The van der Waals surface area contributed by atoms with Crippen LogP contribution in [0.4, 0.5) is 5.69 Å². The van der Waals surface area contributed by atoms with Crippen LogP contribution in [0, 0.1) is 0 Å². The van der Waals surface area contributed by atoms with Crippen molar-refractivity contribution >= 4 is 11.6 Å².